The van der Waals surface area contributed by atoms with Gasteiger partial charge in [0.15, 0.2) is 4.80 Å². The molecule has 3 nitrogen and oxygen atoms in total. The molecule has 0 aliphatic heterocycles. The van der Waals surface area contributed by atoms with Crippen molar-refractivity contribution in [2.45, 2.75) is 20.4 Å². The normalized spacial score (nSPS) is 11.7. The third kappa shape index (κ3) is 2.89. The van der Waals surface area contributed by atoms with Crippen molar-refractivity contribution >= 4 is 27.5 Å². The predicted octanol–water partition coefficient (Wildman–Crippen LogP) is 3.83. The summed E-state index contributed by atoms with van der Waals surface area (Å²) >= 11 is 1.37. The number of carbonyl (C=O) groups excluding carboxylic acids is 1. The minimum absolute atomic E-state index is 0.0467. The molecule has 5 heteroatoms. The fraction of sp³-hybridized carbons (Fsp3) is 0.158. The molecule has 0 unspecified atom stereocenters. The van der Waals surface area contributed by atoms with E-state index in [9.17, 15) is 9.18 Å². The molecule has 1 aromatic heterocycles. The Labute approximate surface area is 143 Å². The maximum absolute atomic E-state index is 13.8. The molecule has 0 atom stereocenters. The molecule has 3 aromatic rings. The summed E-state index contributed by atoms with van der Waals surface area (Å²) in [6.45, 7) is 4.35. The molecule has 120 valence electrons. The molecule has 2 aromatic carbocycles. The Kier molecular flexibility index (Phi) is 4.32. The number of amides is 1. The van der Waals surface area contributed by atoms with E-state index in [-0.39, 0.29) is 5.56 Å². The fourth-order valence-electron chi connectivity index (χ4n) is 2.43. The summed E-state index contributed by atoms with van der Waals surface area (Å²) in [4.78, 5) is 16.9. The van der Waals surface area contributed by atoms with Crippen molar-refractivity contribution in [3.05, 3.63) is 63.7 Å². The van der Waals surface area contributed by atoms with Crippen molar-refractivity contribution in [3.63, 3.8) is 0 Å². The summed E-state index contributed by atoms with van der Waals surface area (Å²) < 4.78 is 16.6. The monoisotopic (exact) mass is 338 g/mol. The zero-order chi connectivity index (χ0) is 17.3. The van der Waals surface area contributed by atoms with E-state index in [1.807, 2.05) is 24.5 Å². The molecule has 0 aliphatic carbocycles. The Morgan fingerprint density at radius 1 is 1.29 bits per heavy atom. The van der Waals surface area contributed by atoms with E-state index in [1.165, 1.54) is 29.5 Å². The lowest BCUT2D eigenvalue weighted by atomic mass is 10.1. The highest BCUT2D eigenvalue weighted by molar-refractivity contribution is 7.16. The number of hydrogen-bond donors (Lipinski definition) is 0. The van der Waals surface area contributed by atoms with E-state index in [0.717, 1.165) is 21.3 Å². The lowest BCUT2D eigenvalue weighted by Crippen LogP contribution is -2.17. The fourth-order valence-corrected chi connectivity index (χ4v) is 3.54. The van der Waals surface area contributed by atoms with Gasteiger partial charge in [0.05, 0.1) is 22.3 Å². The van der Waals surface area contributed by atoms with Gasteiger partial charge >= 0.3 is 0 Å². The van der Waals surface area contributed by atoms with Crippen LogP contribution in [-0.4, -0.2) is 10.5 Å². The van der Waals surface area contributed by atoms with Crippen LogP contribution in [0.25, 0.3) is 10.2 Å². The van der Waals surface area contributed by atoms with Gasteiger partial charge in [-0.1, -0.05) is 29.4 Å². The van der Waals surface area contributed by atoms with Crippen molar-refractivity contribution in [1.29, 1.82) is 0 Å². The molecular weight excluding hydrogens is 323 g/mol. The summed E-state index contributed by atoms with van der Waals surface area (Å²) in [5.41, 5.74) is 3.18. The van der Waals surface area contributed by atoms with Gasteiger partial charge in [-0.3, -0.25) is 4.79 Å². The van der Waals surface area contributed by atoms with Crippen LogP contribution in [0.4, 0.5) is 4.39 Å². The van der Waals surface area contributed by atoms with Gasteiger partial charge in [0.2, 0.25) is 0 Å². The first-order chi connectivity index (χ1) is 11.5. The van der Waals surface area contributed by atoms with Crippen LogP contribution >= 0.6 is 11.3 Å². The number of aromatic nitrogens is 1. The Hall–Kier alpha value is -2.71. The molecule has 0 bridgehead atoms. The SMILES string of the molecule is C#CCn1c(=NC(=O)c2ccccc2F)sc2cc(C)c(C)cc21. The number of carbonyl (C=O) groups is 1. The Morgan fingerprint density at radius 2 is 2.00 bits per heavy atom. The summed E-state index contributed by atoms with van der Waals surface area (Å²) in [5, 5.41) is 0. The van der Waals surface area contributed by atoms with Gasteiger partial charge in [0.25, 0.3) is 5.91 Å². The Morgan fingerprint density at radius 3 is 2.71 bits per heavy atom. The molecule has 0 spiro atoms. The van der Waals surface area contributed by atoms with Crippen molar-refractivity contribution < 1.29 is 9.18 Å². The van der Waals surface area contributed by atoms with Crippen molar-refractivity contribution in [1.82, 2.24) is 4.57 Å². The van der Waals surface area contributed by atoms with Gasteiger partial charge in [-0.15, -0.1) is 6.42 Å². The number of thiazole rings is 1. The predicted molar refractivity (Wildman–Crippen MR) is 94.4 cm³/mol. The van der Waals surface area contributed by atoms with Crippen LogP contribution in [-0.2, 0) is 6.54 Å². The number of benzene rings is 2. The second-order valence-electron chi connectivity index (χ2n) is 5.48. The first-order valence-corrected chi connectivity index (χ1v) is 8.20. The molecule has 1 amide bonds. The second kappa shape index (κ2) is 6.42. The number of halogens is 1. The van der Waals surface area contributed by atoms with Crippen LogP contribution in [0.5, 0.6) is 0 Å². The molecule has 0 aliphatic rings. The van der Waals surface area contributed by atoms with Crippen LogP contribution in [0.15, 0.2) is 41.4 Å². The molecule has 0 saturated carbocycles. The van der Waals surface area contributed by atoms with Gasteiger partial charge in [-0.25, -0.2) is 4.39 Å². The highest BCUT2D eigenvalue weighted by atomic mass is 32.1. The minimum atomic E-state index is -0.612. The maximum atomic E-state index is 13.8. The molecule has 24 heavy (non-hydrogen) atoms. The quantitative estimate of drug-likeness (QED) is 0.654. The average Bonchev–Trinajstić information content (AvgIpc) is 2.85. The maximum Gasteiger partial charge on any atom is 0.282 e. The first-order valence-electron chi connectivity index (χ1n) is 7.39. The summed E-state index contributed by atoms with van der Waals surface area (Å²) in [6.07, 6.45) is 5.46. The van der Waals surface area contributed by atoms with Gasteiger partial charge < -0.3 is 4.57 Å². The molecular formula is C19H15FN2OS. The van der Waals surface area contributed by atoms with Gasteiger partial charge in [0, 0.05) is 0 Å². The van der Waals surface area contributed by atoms with E-state index in [2.05, 4.69) is 17.0 Å². The lowest BCUT2D eigenvalue weighted by Gasteiger charge is -2.03. The first kappa shape index (κ1) is 16.2. The Balaban J connectivity index is 2.22. The summed E-state index contributed by atoms with van der Waals surface area (Å²) in [6, 6.07) is 9.90. The standard InChI is InChI=1S/C19H15FN2OS/c1-4-9-22-16-10-12(2)13(3)11-17(16)24-19(22)21-18(23)14-7-5-6-8-15(14)20/h1,5-8,10-11H,9H2,2-3H3. The third-order valence-corrected chi connectivity index (χ3v) is 4.89. The summed E-state index contributed by atoms with van der Waals surface area (Å²) in [7, 11) is 0. The van der Waals surface area contributed by atoms with Crippen LogP contribution in [0.1, 0.15) is 21.5 Å². The summed E-state index contributed by atoms with van der Waals surface area (Å²) in [5.74, 6) is 1.39. The topological polar surface area (TPSA) is 34.4 Å². The Bertz CT molecular complexity index is 1050. The number of hydrogen-bond acceptors (Lipinski definition) is 2. The van der Waals surface area contributed by atoms with Crippen molar-refractivity contribution in [2.75, 3.05) is 0 Å². The van der Waals surface area contributed by atoms with Gasteiger partial charge in [-0.05, 0) is 49.2 Å². The van der Waals surface area contributed by atoms with E-state index < -0.39 is 11.7 Å². The molecule has 0 radical (unpaired) electrons. The van der Waals surface area contributed by atoms with Crippen LogP contribution in [0.3, 0.4) is 0 Å². The van der Waals surface area contributed by atoms with Crippen LogP contribution < -0.4 is 4.80 Å². The minimum Gasteiger partial charge on any atom is -0.305 e. The molecule has 0 N–H and O–H groups in total. The van der Waals surface area contributed by atoms with Gasteiger partial charge in [0.1, 0.15) is 5.82 Å². The number of nitrogens with zero attached hydrogens (tertiary/aromatic N) is 2. The second-order valence-corrected chi connectivity index (χ2v) is 6.48. The zero-order valence-electron chi connectivity index (χ0n) is 13.3. The van der Waals surface area contributed by atoms with E-state index >= 15 is 0 Å². The lowest BCUT2D eigenvalue weighted by molar-refractivity contribution is 0.0994. The number of fused-ring (bicyclic) bond motifs is 1. The largest absolute Gasteiger partial charge is 0.305 e. The van der Waals surface area contributed by atoms with Crippen LogP contribution in [0.2, 0.25) is 0 Å². The van der Waals surface area contributed by atoms with E-state index in [4.69, 9.17) is 6.42 Å². The number of rotatable bonds is 2. The number of terminal acetylenes is 1. The van der Waals surface area contributed by atoms with Crippen molar-refractivity contribution in [2.24, 2.45) is 4.99 Å². The average molecular weight is 338 g/mol. The highest BCUT2D eigenvalue weighted by Crippen LogP contribution is 2.22. The molecule has 3 rings (SSSR count). The van der Waals surface area contributed by atoms with E-state index in [1.54, 1.807) is 6.07 Å². The zero-order valence-corrected chi connectivity index (χ0v) is 14.2. The third-order valence-electron chi connectivity index (χ3n) is 3.85. The van der Waals surface area contributed by atoms with Crippen molar-refractivity contribution in [3.8, 4) is 12.3 Å². The number of aryl methyl sites for hydroxylation is 2. The van der Waals surface area contributed by atoms with Gasteiger partial charge in [-0.2, -0.15) is 4.99 Å². The molecule has 1 heterocycles. The van der Waals surface area contributed by atoms with Crippen LogP contribution in [0, 0.1) is 32.0 Å². The molecule has 0 saturated heterocycles. The smallest absolute Gasteiger partial charge is 0.282 e. The van der Waals surface area contributed by atoms with E-state index in [0.29, 0.717) is 11.3 Å². The highest BCUT2D eigenvalue weighted by Gasteiger charge is 2.12. The molecule has 0 fully saturated rings.